The first kappa shape index (κ1) is 8.63. The molecule has 1 aromatic carbocycles. The number of hydrogen-bond donors (Lipinski definition) is 1. The standard InChI is InChI=1S/C10H11NOS/c1-10(11-9(12)7-13-10)8-5-3-2-4-6-8/h2-6H,7H2,1H3,(H,11,12)/t10-/m0/s1. The molecule has 0 aromatic heterocycles. The van der Waals surface area contributed by atoms with Gasteiger partial charge in [-0.3, -0.25) is 4.79 Å². The minimum Gasteiger partial charge on any atom is -0.337 e. The van der Waals surface area contributed by atoms with Gasteiger partial charge in [-0.1, -0.05) is 30.3 Å². The van der Waals surface area contributed by atoms with Crippen molar-refractivity contribution >= 4 is 17.7 Å². The van der Waals surface area contributed by atoms with Crippen LogP contribution in [-0.4, -0.2) is 11.7 Å². The fraction of sp³-hybridized carbons (Fsp3) is 0.300. The second-order valence-electron chi connectivity index (χ2n) is 3.24. The van der Waals surface area contributed by atoms with Gasteiger partial charge >= 0.3 is 0 Å². The maximum Gasteiger partial charge on any atom is 0.231 e. The lowest BCUT2D eigenvalue weighted by Gasteiger charge is -2.23. The third-order valence-electron chi connectivity index (χ3n) is 2.19. The van der Waals surface area contributed by atoms with E-state index in [2.05, 4.69) is 5.32 Å². The van der Waals surface area contributed by atoms with Gasteiger partial charge in [0.1, 0.15) is 4.87 Å². The van der Waals surface area contributed by atoms with Gasteiger partial charge in [-0.15, -0.1) is 11.8 Å². The molecule has 13 heavy (non-hydrogen) atoms. The van der Waals surface area contributed by atoms with Crippen molar-refractivity contribution in [2.75, 3.05) is 5.75 Å². The van der Waals surface area contributed by atoms with E-state index in [9.17, 15) is 4.79 Å². The first-order valence-corrected chi connectivity index (χ1v) is 5.20. The third-order valence-corrected chi connectivity index (χ3v) is 3.52. The molecule has 1 heterocycles. The van der Waals surface area contributed by atoms with E-state index in [-0.39, 0.29) is 10.8 Å². The molecule has 1 amide bonds. The Balaban J connectivity index is 2.31. The summed E-state index contributed by atoms with van der Waals surface area (Å²) in [5.41, 5.74) is 1.16. The Morgan fingerprint density at radius 2 is 2.08 bits per heavy atom. The average molecular weight is 193 g/mol. The maximum atomic E-state index is 11.1. The molecule has 0 aliphatic carbocycles. The number of carbonyl (C=O) groups excluding carboxylic acids is 1. The number of rotatable bonds is 1. The summed E-state index contributed by atoms with van der Waals surface area (Å²) < 4.78 is 0. The molecule has 2 nitrogen and oxygen atoms in total. The molecule has 1 atom stereocenters. The molecule has 1 N–H and O–H groups in total. The lowest BCUT2D eigenvalue weighted by atomic mass is 10.1. The highest BCUT2D eigenvalue weighted by Crippen LogP contribution is 2.36. The molecule has 3 heteroatoms. The van der Waals surface area contributed by atoms with Crippen LogP contribution < -0.4 is 5.32 Å². The zero-order valence-electron chi connectivity index (χ0n) is 7.41. The van der Waals surface area contributed by atoms with Crippen LogP contribution in [0.3, 0.4) is 0 Å². The smallest absolute Gasteiger partial charge is 0.231 e. The lowest BCUT2D eigenvalue weighted by molar-refractivity contribution is -0.118. The van der Waals surface area contributed by atoms with Crippen molar-refractivity contribution < 1.29 is 4.79 Å². The van der Waals surface area contributed by atoms with Crippen LogP contribution >= 0.6 is 11.8 Å². The molecule has 1 aliphatic heterocycles. The third kappa shape index (κ3) is 1.56. The van der Waals surface area contributed by atoms with Gasteiger partial charge in [0.2, 0.25) is 5.91 Å². The molecule has 1 fully saturated rings. The van der Waals surface area contributed by atoms with Crippen molar-refractivity contribution in [3.8, 4) is 0 Å². The first-order valence-electron chi connectivity index (χ1n) is 4.21. The van der Waals surface area contributed by atoms with Gasteiger partial charge in [0, 0.05) is 0 Å². The molecule has 1 aliphatic rings. The summed E-state index contributed by atoms with van der Waals surface area (Å²) in [4.78, 5) is 10.9. The van der Waals surface area contributed by atoms with Crippen molar-refractivity contribution in [2.24, 2.45) is 0 Å². The Labute approximate surface area is 81.7 Å². The Morgan fingerprint density at radius 3 is 2.62 bits per heavy atom. The van der Waals surface area contributed by atoms with E-state index in [1.807, 2.05) is 37.3 Å². The fourth-order valence-corrected chi connectivity index (χ4v) is 2.44. The normalized spacial score (nSPS) is 27.3. The quantitative estimate of drug-likeness (QED) is 0.736. The van der Waals surface area contributed by atoms with Crippen molar-refractivity contribution in [3.63, 3.8) is 0 Å². The minimum absolute atomic E-state index is 0.122. The highest BCUT2D eigenvalue weighted by atomic mass is 32.2. The number of carbonyl (C=O) groups is 1. The van der Waals surface area contributed by atoms with E-state index < -0.39 is 0 Å². The highest BCUT2D eigenvalue weighted by molar-refractivity contribution is 8.01. The number of nitrogens with one attached hydrogen (secondary N) is 1. The SMILES string of the molecule is C[C@]1(c2ccccc2)NC(=O)CS1. The van der Waals surface area contributed by atoms with Crippen LogP contribution in [0.2, 0.25) is 0 Å². The second-order valence-corrected chi connectivity index (χ2v) is 4.63. The average Bonchev–Trinajstić information content (AvgIpc) is 2.49. The van der Waals surface area contributed by atoms with Gasteiger partial charge in [0.25, 0.3) is 0 Å². The van der Waals surface area contributed by atoms with Crippen molar-refractivity contribution in [3.05, 3.63) is 35.9 Å². The largest absolute Gasteiger partial charge is 0.337 e. The van der Waals surface area contributed by atoms with Gasteiger partial charge in [0.15, 0.2) is 0 Å². The molecule has 0 unspecified atom stereocenters. The van der Waals surface area contributed by atoms with Crippen LogP contribution in [0.1, 0.15) is 12.5 Å². The number of amides is 1. The Kier molecular flexibility index (Phi) is 2.04. The summed E-state index contributed by atoms with van der Waals surface area (Å²) in [6.45, 7) is 2.04. The molecule has 2 rings (SSSR count). The summed E-state index contributed by atoms with van der Waals surface area (Å²) in [5.74, 6) is 0.683. The molecule has 1 saturated heterocycles. The maximum absolute atomic E-state index is 11.1. The fourth-order valence-electron chi connectivity index (χ4n) is 1.46. The molecular formula is C10H11NOS. The zero-order chi connectivity index (χ0) is 9.31. The van der Waals surface area contributed by atoms with Crippen LogP contribution in [0.15, 0.2) is 30.3 Å². The summed E-state index contributed by atoms with van der Waals surface area (Å²) in [5, 5.41) is 2.97. The second kappa shape index (κ2) is 3.07. The topological polar surface area (TPSA) is 29.1 Å². The molecule has 68 valence electrons. The van der Waals surface area contributed by atoms with Crippen molar-refractivity contribution in [2.45, 2.75) is 11.8 Å². The highest BCUT2D eigenvalue weighted by Gasteiger charge is 2.35. The van der Waals surface area contributed by atoms with Gasteiger partial charge in [-0.25, -0.2) is 0 Å². The van der Waals surface area contributed by atoms with E-state index in [0.29, 0.717) is 5.75 Å². The zero-order valence-corrected chi connectivity index (χ0v) is 8.23. The molecule has 0 spiro atoms. The van der Waals surface area contributed by atoms with Crippen LogP contribution in [0.4, 0.5) is 0 Å². The van der Waals surface area contributed by atoms with Crippen LogP contribution in [0.5, 0.6) is 0 Å². The van der Waals surface area contributed by atoms with Crippen molar-refractivity contribution in [1.29, 1.82) is 0 Å². The minimum atomic E-state index is -0.224. The molecule has 0 radical (unpaired) electrons. The lowest BCUT2D eigenvalue weighted by Crippen LogP contribution is -2.33. The van der Waals surface area contributed by atoms with Crippen LogP contribution in [0, 0.1) is 0 Å². The predicted octanol–water partition coefficient (Wildman–Crippen LogP) is 1.72. The summed E-state index contributed by atoms with van der Waals surface area (Å²) in [6.07, 6.45) is 0. The molecular weight excluding hydrogens is 182 g/mol. The Bertz CT molecular complexity index is 325. The summed E-state index contributed by atoms with van der Waals surface area (Å²) >= 11 is 1.65. The summed E-state index contributed by atoms with van der Waals surface area (Å²) in [7, 11) is 0. The van der Waals surface area contributed by atoms with E-state index in [1.54, 1.807) is 11.8 Å². The number of thioether (sulfide) groups is 1. The van der Waals surface area contributed by atoms with Crippen molar-refractivity contribution in [1.82, 2.24) is 5.32 Å². The van der Waals surface area contributed by atoms with E-state index in [0.717, 1.165) is 5.56 Å². The van der Waals surface area contributed by atoms with E-state index >= 15 is 0 Å². The number of benzene rings is 1. The molecule has 0 bridgehead atoms. The molecule has 0 saturated carbocycles. The van der Waals surface area contributed by atoms with Gasteiger partial charge in [0.05, 0.1) is 5.75 Å². The Hall–Kier alpha value is -0.960. The van der Waals surface area contributed by atoms with Gasteiger partial charge in [-0.2, -0.15) is 0 Å². The first-order chi connectivity index (χ1) is 6.21. The summed E-state index contributed by atoms with van der Waals surface area (Å²) in [6, 6.07) is 10.0. The van der Waals surface area contributed by atoms with Gasteiger partial charge < -0.3 is 5.32 Å². The monoisotopic (exact) mass is 193 g/mol. The van der Waals surface area contributed by atoms with Crippen LogP contribution in [-0.2, 0) is 9.67 Å². The number of hydrogen-bond acceptors (Lipinski definition) is 2. The predicted molar refractivity (Wildman–Crippen MR) is 54.4 cm³/mol. The van der Waals surface area contributed by atoms with E-state index in [1.165, 1.54) is 0 Å². The van der Waals surface area contributed by atoms with Gasteiger partial charge in [-0.05, 0) is 12.5 Å². The van der Waals surface area contributed by atoms with Crippen LogP contribution in [0.25, 0.3) is 0 Å². The molecule has 1 aromatic rings. The Morgan fingerprint density at radius 1 is 1.38 bits per heavy atom. The van der Waals surface area contributed by atoms with E-state index in [4.69, 9.17) is 0 Å².